The molecule has 5 rings (SSSR count). The maximum Gasteiger partial charge on any atom is 0.258 e. The van der Waals surface area contributed by atoms with E-state index in [4.69, 9.17) is 16.3 Å². The summed E-state index contributed by atoms with van der Waals surface area (Å²) in [5, 5.41) is 10.8. The van der Waals surface area contributed by atoms with Crippen LogP contribution in [-0.4, -0.2) is 37.4 Å². The molecule has 1 aliphatic heterocycles. The Bertz CT molecular complexity index is 1300. The van der Waals surface area contributed by atoms with Gasteiger partial charge in [0.1, 0.15) is 5.82 Å². The Labute approximate surface area is 194 Å². The number of ether oxygens (including phenoxy) is 1. The molecule has 9 heteroatoms. The Morgan fingerprint density at radius 3 is 2.81 bits per heavy atom. The number of nitrogens with one attached hydrogen (secondary N) is 1. The average molecular weight is 468 g/mol. The molecule has 2 aromatic carbocycles. The number of thioether (sulfide) groups is 1. The lowest BCUT2D eigenvalue weighted by atomic mass is 10.2. The third kappa shape index (κ3) is 4.30. The summed E-state index contributed by atoms with van der Waals surface area (Å²) in [5.41, 5.74) is 1.48. The van der Waals surface area contributed by atoms with Gasteiger partial charge >= 0.3 is 0 Å². The highest BCUT2D eigenvalue weighted by Gasteiger charge is 2.24. The van der Waals surface area contributed by atoms with Gasteiger partial charge in [0.15, 0.2) is 11.0 Å². The standard InChI is InChI=1S/C23H22ClN5O2S/c1-14(20-25-19-7-3-2-6-18(19)22(30)26-20)32-23-28-27-21(15-8-10-16(24)11-9-15)29(23)13-17-5-4-12-31-17/h2-3,6-11,14,17H,4-5,12-13H2,1H3,(H,25,26,30)/t14-,17+/m0/s1. The van der Waals surface area contributed by atoms with E-state index in [-0.39, 0.29) is 16.9 Å². The van der Waals surface area contributed by atoms with Crippen LogP contribution in [0.2, 0.25) is 5.02 Å². The highest BCUT2D eigenvalue weighted by atomic mass is 35.5. The lowest BCUT2D eigenvalue weighted by Crippen LogP contribution is -2.17. The van der Waals surface area contributed by atoms with Crippen LogP contribution in [0.5, 0.6) is 0 Å². The van der Waals surface area contributed by atoms with Crippen molar-refractivity contribution < 1.29 is 4.74 Å². The van der Waals surface area contributed by atoms with Crippen molar-refractivity contribution in [3.8, 4) is 11.4 Å². The number of para-hydroxylation sites is 1. The van der Waals surface area contributed by atoms with Gasteiger partial charge in [-0.05, 0) is 56.2 Å². The van der Waals surface area contributed by atoms with E-state index >= 15 is 0 Å². The zero-order chi connectivity index (χ0) is 22.1. The zero-order valence-corrected chi connectivity index (χ0v) is 19.1. The molecule has 0 aliphatic carbocycles. The van der Waals surface area contributed by atoms with Crippen molar-refractivity contribution in [2.45, 2.75) is 42.8 Å². The topological polar surface area (TPSA) is 85.7 Å². The Balaban J connectivity index is 1.48. The molecule has 0 saturated carbocycles. The first-order valence-electron chi connectivity index (χ1n) is 10.5. The van der Waals surface area contributed by atoms with Crippen molar-refractivity contribution in [3.05, 3.63) is 69.7 Å². The molecule has 2 aromatic heterocycles. The Kier molecular flexibility index (Phi) is 5.99. The molecule has 7 nitrogen and oxygen atoms in total. The lowest BCUT2D eigenvalue weighted by Gasteiger charge is -2.16. The van der Waals surface area contributed by atoms with Crippen LogP contribution in [0.25, 0.3) is 22.3 Å². The largest absolute Gasteiger partial charge is 0.376 e. The van der Waals surface area contributed by atoms with Gasteiger partial charge in [-0.3, -0.25) is 9.36 Å². The monoisotopic (exact) mass is 467 g/mol. The van der Waals surface area contributed by atoms with Crippen LogP contribution in [-0.2, 0) is 11.3 Å². The minimum atomic E-state index is -0.138. The fourth-order valence-corrected chi connectivity index (χ4v) is 4.90. The third-order valence-electron chi connectivity index (χ3n) is 5.53. The predicted octanol–water partition coefficient (Wildman–Crippen LogP) is 4.87. The molecule has 32 heavy (non-hydrogen) atoms. The van der Waals surface area contributed by atoms with Gasteiger partial charge in [-0.1, -0.05) is 35.5 Å². The van der Waals surface area contributed by atoms with E-state index in [1.54, 1.807) is 6.07 Å². The fraction of sp³-hybridized carbons (Fsp3) is 0.304. The van der Waals surface area contributed by atoms with Gasteiger partial charge < -0.3 is 9.72 Å². The van der Waals surface area contributed by atoms with Crippen LogP contribution in [0.15, 0.2) is 58.5 Å². The minimum Gasteiger partial charge on any atom is -0.376 e. The van der Waals surface area contributed by atoms with Crippen molar-refractivity contribution in [1.29, 1.82) is 0 Å². The Morgan fingerprint density at radius 1 is 1.22 bits per heavy atom. The summed E-state index contributed by atoms with van der Waals surface area (Å²) in [5.74, 6) is 1.38. The quantitative estimate of drug-likeness (QED) is 0.407. The Morgan fingerprint density at radius 2 is 2.03 bits per heavy atom. The number of hydrogen-bond donors (Lipinski definition) is 1. The molecule has 0 amide bonds. The van der Waals surface area contributed by atoms with Crippen molar-refractivity contribution >= 4 is 34.3 Å². The molecular weight excluding hydrogens is 446 g/mol. The van der Waals surface area contributed by atoms with E-state index in [0.29, 0.717) is 28.3 Å². The molecule has 0 radical (unpaired) electrons. The number of fused-ring (bicyclic) bond motifs is 1. The molecule has 0 spiro atoms. The maximum absolute atomic E-state index is 12.5. The van der Waals surface area contributed by atoms with Crippen molar-refractivity contribution in [1.82, 2.24) is 24.7 Å². The average Bonchev–Trinajstić information content (AvgIpc) is 3.45. The third-order valence-corrected chi connectivity index (χ3v) is 6.87. The number of aromatic nitrogens is 5. The highest BCUT2D eigenvalue weighted by Crippen LogP contribution is 2.35. The maximum atomic E-state index is 12.5. The number of hydrogen-bond acceptors (Lipinski definition) is 6. The van der Waals surface area contributed by atoms with Gasteiger partial charge in [0.25, 0.3) is 5.56 Å². The summed E-state index contributed by atoms with van der Waals surface area (Å²) in [6, 6.07) is 14.9. The van der Waals surface area contributed by atoms with Gasteiger partial charge in [0.2, 0.25) is 0 Å². The lowest BCUT2D eigenvalue weighted by molar-refractivity contribution is 0.0953. The summed E-state index contributed by atoms with van der Waals surface area (Å²) >= 11 is 7.59. The van der Waals surface area contributed by atoms with E-state index in [9.17, 15) is 4.79 Å². The summed E-state index contributed by atoms with van der Waals surface area (Å²) in [6.45, 7) is 3.46. The summed E-state index contributed by atoms with van der Waals surface area (Å²) in [7, 11) is 0. The second kappa shape index (κ2) is 9.05. The first-order valence-corrected chi connectivity index (χ1v) is 11.8. The summed E-state index contributed by atoms with van der Waals surface area (Å²) < 4.78 is 7.97. The molecule has 1 fully saturated rings. The van der Waals surface area contributed by atoms with Gasteiger partial charge in [0.05, 0.1) is 28.8 Å². The second-order valence-electron chi connectivity index (χ2n) is 7.79. The number of rotatable bonds is 6. The van der Waals surface area contributed by atoms with Crippen LogP contribution in [0, 0.1) is 0 Å². The van der Waals surface area contributed by atoms with Gasteiger partial charge in [-0.15, -0.1) is 10.2 Å². The molecule has 3 heterocycles. The number of benzene rings is 2. The number of halogens is 1. The van der Waals surface area contributed by atoms with Crippen LogP contribution in [0.3, 0.4) is 0 Å². The van der Waals surface area contributed by atoms with Crippen molar-refractivity contribution in [2.24, 2.45) is 0 Å². The second-order valence-corrected chi connectivity index (χ2v) is 9.53. The molecule has 1 saturated heterocycles. The van der Waals surface area contributed by atoms with Crippen molar-refractivity contribution in [3.63, 3.8) is 0 Å². The number of nitrogens with zero attached hydrogens (tertiary/aromatic N) is 4. The van der Waals surface area contributed by atoms with Crippen LogP contribution in [0.1, 0.15) is 30.8 Å². The summed E-state index contributed by atoms with van der Waals surface area (Å²) in [6.07, 6.45) is 2.20. The van der Waals surface area contributed by atoms with E-state index < -0.39 is 0 Å². The Hall–Kier alpha value is -2.68. The normalized spacial score (nSPS) is 17.1. The molecular formula is C23H22ClN5O2S. The minimum absolute atomic E-state index is 0.127. The smallest absolute Gasteiger partial charge is 0.258 e. The van der Waals surface area contributed by atoms with E-state index in [1.165, 1.54) is 11.8 Å². The molecule has 1 N–H and O–H groups in total. The van der Waals surface area contributed by atoms with Gasteiger partial charge in [-0.25, -0.2) is 4.98 Å². The van der Waals surface area contributed by atoms with Crippen LogP contribution < -0.4 is 5.56 Å². The van der Waals surface area contributed by atoms with Gasteiger partial charge in [0, 0.05) is 17.2 Å². The molecule has 0 unspecified atom stereocenters. The predicted molar refractivity (Wildman–Crippen MR) is 126 cm³/mol. The highest BCUT2D eigenvalue weighted by molar-refractivity contribution is 7.99. The van der Waals surface area contributed by atoms with Crippen LogP contribution >= 0.6 is 23.4 Å². The summed E-state index contributed by atoms with van der Waals surface area (Å²) in [4.78, 5) is 20.1. The number of aromatic amines is 1. The van der Waals surface area contributed by atoms with Crippen molar-refractivity contribution in [2.75, 3.05) is 6.61 Å². The molecule has 2 atom stereocenters. The molecule has 164 valence electrons. The van der Waals surface area contributed by atoms with E-state index in [1.807, 2.05) is 49.4 Å². The SMILES string of the molecule is C[C@H](Sc1nnc(-c2ccc(Cl)cc2)n1C[C@H]1CCCO1)c1nc2ccccc2c(=O)[nH]1. The number of H-pyrrole nitrogens is 1. The zero-order valence-electron chi connectivity index (χ0n) is 17.5. The van der Waals surface area contributed by atoms with E-state index in [2.05, 4.69) is 24.7 Å². The first-order chi connectivity index (χ1) is 15.6. The first kappa shape index (κ1) is 21.2. The molecule has 4 aromatic rings. The molecule has 1 aliphatic rings. The fourth-order valence-electron chi connectivity index (χ4n) is 3.86. The molecule has 0 bridgehead atoms. The van der Waals surface area contributed by atoms with Crippen LogP contribution in [0.4, 0.5) is 0 Å². The van der Waals surface area contributed by atoms with E-state index in [0.717, 1.165) is 36.0 Å². The van der Waals surface area contributed by atoms with Gasteiger partial charge in [-0.2, -0.15) is 0 Å².